The van der Waals surface area contributed by atoms with Crippen LogP contribution in [-0.4, -0.2) is 41.2 Å². The van der Waals surface area contributed by atoms with Gasteiger partial charge in [0.2, 0.25) is 11.8 Å². The van der Waals surface area contributed by atoms with Crippen LogP contribution in [0.4, 0.5) is 0 Å². The molecule has 0 unspecified atom stereocenters. The minimum Gasteiger partial charge on any atom is -0.489 e. The average Bonchev–Trinajstić information content (AvgIpc) is 3.07. The van der Waals surface area contributed by atoms with Crippen LogP contribution in [0.5, 0.6) is 11.6 Å². The first-order valence-corrected chi connectivity index (χ1v) is 9.16. The molecule has 0 saturated carbocycles. The summed E-state index contributed by atoms with van der Waals surface area (Å²) in [5.41, 5.74) is 5.18. The first-order chi connectivity index (χ1) is 14.3. The van der Waals surface area contributed by atoms with Gasteiger partial charge in [0, 0.05) is 11.6 Å². The van der Waals surface area contributed by atoms with Gasteiger partial charge in [0.15, 0.2) is 0 Å². The molecule has 0 aliphatic rings. The fourth-order valence-electron chi connectivity index (χ4n) is 2.94. The van der Waals surface area contributed by atoms with Crippen molar-refractivity contribution in [3.05, 3.63) is 53.4 Å². The van der Waals surface area contributed by atoms with Gasteiger partial charge in [-0.3, -0.25) is 9.59 Å². The molecule has 2 amide bonds. The molecule has 0 aliphatic carbocycles. The van der Waals surface area contributed by atoms with Crippen LogP contribution in [0.15, 0.2) is 40.9 Å². The zero-order valence-corrected chi connectivity index (χ0v) is 16.9. The van der Waals surface area contributed by atoms with E-state index in [4.69, 9.17) is 19.6 Å². The fraction of sp³-hybridized carbons (Fsp3) is 0.286. The molecule has 30 heavy (non-hydrogen) atoms. The Morgan fingerprint density at radius 2 is 2.10 bits per heavy atom. The van der Waals surface area contributed by atoms with E-state index in [9.17, 15) is 14.7 Å². The molecule has 3 rings (SSSR count). The standard InChI is InChI=1S/C21H23N3O6/c1-12-17(18(26)24-21(2,11-25)20(22)27)15-9-14(6-7-16(15)30-12)29-10-13-5-4-8-23-19(13)28-3/h4-9,25H,10-11H2,1-3H3,(H2,22,27)(H,24,26)/t21-/m0/s1. The van der Waals surface area contributed by atoms with E-state index in [1.807, 2.05) is 6.07 Å². The van der Waals surface area contributed by atoms with Crippen LogP contribution >= 0.6 is 0 Å². The number of nitrogens with one attached hydrogen (secondary N) is 1. The fourth-order valence-corrected chi connectivity index (χ4v) is 2.94. The highest BCUT2D eigenvalue weighted by Crippen LogP contribution is 2.30. The summed E-state index contributed by atoms with van der Waals surface area (Å²) in [7, 11) is 1.53. The number of furan rings is 1. The van der Waals surface area contributed by atoms with Gasteiger partial charge in [-0.25, -0.2) is 4.98 Å². The Morgan fingerprint density at radius 3 is 2.77 bits per heavy atom. The molecule has 0 fully saturated rings. The van der Waals surface area contributed by atoms with Crippen LogP contribution in [0.3, 0.4) is 0 Å². The number of hydrogen-bond acceptors (Lipinski definition) is 7. The number of aryl methyl sites for hydroxylation is 1. The highest BCUT2D eigenvalue weighted by molar-refractivity contribution is 6.09. The molecule has 9 heteroatoms. The maximum Gasteiger partial charge on any atom is 0.256 e. The lowest BCUT2D eigenvalue weighted by molar-refractivity contribution is -0.124. The van der Waals surface area contributed by atoms with E-state index < -0.39 is 24.0 Å². The molecular formula is C21H23N3O6. The van der Waals surface area contributed by atoms with Crippen molar-refractivity contribution >= 4 is 22.8 Å². The molecule has 2 aromatic heterocycles. The molecule has 158 valence electrons. The number of methoxy groups -OCH3 is 1. The number of carbonyl (C=O) groups excluding carboxylic acids is 2. The van der Waals surface area contributed by atoms with Crippen LogP contribution in [0.2, 0.25) is 0 Å². The number of benzene rings is 1. The molecule has 1 aromatic carbocycles. The third kappa shape index (κ3) is 4.06. The van der Waals surface area contributed by atoms with Gasteiger partial charge < -0.3 is 30.0 Å². The van der Waals surface area contributed by atoms with Gasteiger partial charge in [-0.2, -0.15) is 0 Å². The number of rotatable bonds is 8. The molecule has 0 aliphatic heterocycles. The van der Waals surface area contributed by atoms with E-state index in [1.165, 1.54) is 14.0 Å². The number of aliphatic hydroxyl groups excluding tert-OH is 1. The number of aromatic nitrogens is 1. The van der Waals surface area contributed by atoms with Gasteiger partial charge in [0.05, 0.1) is 24.8 Å². The number of aliphatic hydroxyl groups is 1. The predicted molar refractivity (Wildman–Crippen MR) is 108 cm³/mol. The first-order valence-electron chi connectivity index (χ1n) is 9.16. The van der Waals surface area contributed by atoms with E-state index in [0.29, 0.717) is 28.4 Å². The summed E-state index contributed by atoms with van der Waals surface area (Å²) in [6.07, 6.45) is 1.62. The molecular weight excluding hydrogens is 390 g/mol. The molecule has 0 saturated heterocycles. The second-order valence-electron chi connectivity index (χ2n) is 6.96. The van der Waals surface area contributed by atoms with Crippen LogP contribution in [0, 0.1) is 6.92 Å². The van der Waals surface area contributed by atoms with Crippen LogP contribution in [0.1, 0.15) is 28.6 Å². The van der Waals surface area contributed by atoms with E-state index in [1.54, 1.807) is 37.4 Å². The van der Waals surface area contributed by atoms with Crippen LogP contribution in [0.25, 0.3) is 11.0 Å². The minimum absolute atomic E-state index is 0.213. The Morgan fingerprint density at radius 1 is 1.33 bits per heavy atom. The van der Waals surface area contributed by atoms with E-state index in [0.717, 1.165) is 5.56 Å². The summed E-state index contributed by atoms with van der Waals surface area (Å²) in [5, 5.41) is 12.5. The van der Waals surface area contributed by atoms with Gasteiger partial charge in [0.25, 0.3) is 5.91 Å². The van der Waals surface area contributed by atoms with Gasteiger partial charge in [-0.1, -0.05) is 0 Å². The second kappa shape index (κ2) is 8.42. The van der Waals surface area contributed by atoms with E-state index in [-0.39, 0.29) is 12.2 Å². The van der Waals surface area contributed by atoms with Crippen LogP contribution in [-0.2, 0) is 11.4 Å². The highest BCUT2D eigenvalue weighted by Gasteiger charge is 2.34. The third-order valence-electron chi connectivity index (χ3n) is 4.75. The lowest BCUT2D eigenvalue weighted by Gasteiger charge is -2.24. The molecule has 3 aromatic rings. The minimum atomic E-state index is -1.60. The maximum atomic E-state index is 12.8. The lowest BCUT2D eigenvalue weighted by atomic mass is 10.0. The summed E-state index contributed by atoms with van der Waals surface area (Å²) >= 11 is 0. The number of ether oxygens (including phenoxy) is 2. The Labute approximate surface area is 172 Å². The Bertz CT molecular complexity index is 1090. The number of primary amides is 1. The largest absolute Gasteiger partial charge is 0.489 e. The van der Waals surface area contributed by atoms with Crippen LogP contribution < -0.4 is 20.5 Å². The Balaban J connectivity index is 1.89. The van der Waals surface area contributed by atoms with Gasteiger partial charge >= 0.3 is 0 Å². The number of carbonyl (C=O) groups is 2. The Hall–Kier alpha value is -3.59. The zero-order chi connectivity index (χ0) is 21.9. The quantitative estimate of drug-likeness (QED) is 0.511. The van der Waals surface area contributed by atoms with Crippen molar-refractivity contribution in [3.63, 3.8) is 0 Å². The SMILES string of the molecule is COc1ncccc1COc1ccc2oc(C)c(C(=O)N[C@@](C)(CO)C(N)=O)c2c1. The predicted octanol–water partition coefficient (Wildman–Crippen LogP) is 1.69. The van der Waals surface area contributed by atoms with Crippen molar-refractivity contribution in [1.29, 1.82) is 0 Å². The van der Waals surface area contributed by atoms with Gasteiger partial charge in [-0.05, 0) is 44.2 Å². The second-order valence-corrected chi connectivity index (χ2v) is 6.96. The monoisotopic (exact) mass is 413 g/mol. The first kappa shape index (κ1) is 21.1. The molecule has 9 nitrogen and oxygen atoms in total. The van der Waals surface area contributed by atoms with Gasteiger partial charge in [-0.15, -0.1) is 0 Å². The molecule has 1 atom stereocenters. The molecule has 4 N–H and O–H groups in total. The molecule has 0 spiro atoms. The van der Waals surface area contributed by atoms with E-state index >= 15 is 0 Å². The summed E-state index contributed by atoms with van der Waals surface area (Å²) in [5.74, 6) is -0.111. The van der Waals surface area contributed by atoms with Crippen molar-refractivity contribution in [2.45, 2.75) is 26.0 Å². The molecule has 0 bridgehead atoms. The number of pyridine rings is 1. The number of amides is 2. The number of nitrogens with zero attached hydrogens (tertiary/aromatic N) is 1. The van der Waals surface area contributed by atoms with Gasteiger partial charge in [0.1, 0.15) is 29.2 Å². The zero-order valence-electron chi connectivity index (χ0n) is 16.9. The highest BCUT2D eigenvalue weighted by atomic mass is 16.5. The summed E-state index contributed by atoms with van der Waals surface area (Å²) in [6.45, 7) is 2.56. The lowest BCUT2D eigenvalue weighted by Crippen LogP contribution is -2.57. The number of nitrogens with two attached hydrogens (primary N) is 1. The van der Waals surface area contributed by atoms with Crippen molar-refractivity contribution in [2.75, 3.05) is 13.7 Å². The Kier molecular flexibility index (Phi) is 5.93. The molecule has 2 heterocycles. The third-order valence-corrected chi connectivity index (χ3v) is 4.75. The van der Waals surface area contributed by atoms with Crippen molar-refractivity contribution < 1.29 is 28.6 Å². The number of hydrogen-bond donors (Lipinski definition) is 3. The topological polar surface area (TPSA) is 137 Å². The normalized spacial score (nSPS) is 12.9. The van der Waals surface area contributed by atoms with Crippen molar-refractivity contribution in [3.8, 4) is 11.6 Å². The van der Waals surface area contributed by atoms with Crippen molar-refractivity contribution in [2.24, 2.45) is 5.73 Å². The smallest absolute Gasteiger partial charge is 0.256 e. The van der Waals surface area contributed by atoms with Crippen molar-refractivity contribution in [1.82, 2.24) is 10.3 Å². The summed E-state index contributed by atoms with van der Waals surface area (Å²) in [6, 6.07) is 8.70. The average molecular weight is 413 g/mol. The summed E-state index contributed by atoms with van der Waals surface area (Å²) < 4.78 is 16.7. The number of fused-ring (bicyclic) bond motifs is 1. The maximum absolute atomic E-state index is 12.8. The molecule has 0 radical (unpaired) electrons. The van der Waals surface area contributed by atoms with E-state index in [2.05, 4.69) is 10.3 Å². The summed E-state index contributed by atoms with van der Waals surface area (Å²) in [4.78, 5) is 28.6.